The summed E-state index contributed by atoms with van der Waals surface area (Å²) in [5.74, 6) is 0. The Balaban J connectivity index is 0.000000720. The second-order valence-electron chi connectivity index (χ2n) is 2.63. The van der Waals surface area contributed by atoms with Crippen LogP contribution >= 0.6 is 0 Å². The van der Waals surface area contributed by atoms with Crippen LogP contribution in [0.5, 0.6) is 0 Å². The maximum Gasteiger partial charge on any atom is -1.00 e. The maximum absolute atomic E-state index is 2.31. The fourth-order valence-corrected chi connectivity index (χ4v) is 4.73. The smallest absolute Gasteiger partial charge is 1.00 e. The third kappa shape index (κ3) is 2.47. The van der Waals surface area contributed by atoms with Crippen molar-refractivity contribution in [3.05, 3.63) is 44.4 Å². The monoisotopic (exact) mass is 350 g/mol. The molecule has 0 fully saturated rings. The van der Waals surface area contributed by atoms with Crippen LogP contribution in [0.25, 0.3) is 0 Å². The molecule has 0 heterocycles. The van der Waals surface area contributed by atoms with Crippen molar-refractivity contribution < 1.29 is 32.4 Å². The fourth-order valence-electron chi connectivity index (χ4n) is 1.17. The molecule has 2 aliphatic rings. The molecule has 0 aromatic rings. The Kier molecular flexibility index (Phi) is 4.04. The molecular formula is C10H11ClW. The zero-order valence-corrected chi connectivity index (χ0v) is 10.4. The molecule has 0 unspecified atom stereocenters. The molecule has 0 nitrogen and oxygen atoms in total. The molecule has 0 N–H and O–H groups in total. The molecule has 2 heteroatoms. The Bertz CT molecular complexity index is 249. The molecule has 0 aromatic carbocycles. The summed E-state index contributed by atoms with van der Waals surface area (Å²) in [5, 5.41) is 0. The Morgan fingerprint density at radius 1 is 1.00 bits per heavy atom. The van der Waals surface area contributed by atoms with Crippen LogP contribution in [0, 0.1) is 0 Å². The molecule has 0 saturated carbocycles. The third-order valence-electron chi connectivity index (χ3n) is 1.74. The minimum absolute atomic E-state index is 0. The molecule has 0 atom stereocenters. The first kappa shape index (κ1) is 10.0. The van der Waals surface area contributed by atoms with Crippen molar-refractivity contribution >= 4 is 0 Å². The number of hydrogen-bond donors (Lipinski definition) is 0. The van der Waals surface area contributed by atoms with E-state index in [2.05, 4.69) is 36.5 Å². The van der Waals surface area contributed by atoms with Gasteiger partial charge < -0.3 is 13.8 Å². The van der Waals surface area contributed by atoms with Crippen molar-refractivity contribution in [2.24, 2.45) is 0 Å². The van der Waals surface area contributed by atoms with Crippen LogP contribution in [0.15, 0.2) is 44.4 Å². The van der Waals surface area contributed by atoms with Gasteiger partial charge in [-0.2, -0.15) is 0 Å². The van der Waals surface area contributed by atoms with Crippen molar-refractivity contribution in [3.8, 4) is 0 Å². The Morgan fingerprint density at radius 2 is 1.50 bits per heavy atom. The molecule has 64 valence electrons. The summed E-state index contributed by atoms with van der Waals surface area (Å²) in [4.78, 5) is 0. The van der Waals surface area contributed by atoms with Crippen LogP contribution in [0.3, 0.4) is 0 Å². The fraction of sp³-hybridized carbons (Fsp3) is 0.200. The van der Waals surface area contributed by atoms with E-state index in [0.717, 1.165) is 0 Å². The molecule has 0 aliphatic heterocycles. The first-order valence-corrected chi connectivity index (χ1v) is 6.78. The largest absolute Gasteiger partial charge is 1.00 e. The molecule has 2 aliphatic carbocycles. The second kappa shape index (κ2) is 4.84. The molecule has 0 aromatic heterocycles. The summed E-state index contributed by atoms with van der Waals surface area (Å²) < 4.78 is 3.44. The van der Waals surface area contributed by atoms with Crippen LogP contribution < -0.4 is 12.4 Å². The van der Waals surface area contributed by atoms with Gasteiger partial charge in [-0.25, -0.2) is 0 Å². The van der Waals surface area contributed by atoms with E-state index in [0.29, 0.717) is 0 Å². The maximum atomic E-state index is 2.31. The van der Waals surface area contributed by atoms with Gasteiger partial charge in [0.1, 0.15) is 0 Å². The first-order chi connectivity index (χ1) is 5.45. The summed E-state index contributed by atoms with van der Waals surface area (Å²) in [6, 6.07) is 0. The molecule has 12 heavy (non-hydrogen) atoms. The van der Waals surface area contributed by atoms with E-state index in [1.807, 2.05) is 0 Å². The Hall–Kier alpha value is -0.0617. The van der Waals surface area contributed by atoms with Crippen LogP contribution in [-0.2, 0) is 18.6 Å². The van der Waals surface area contributed by atoms with Gasteiger partial charge in [0.25, 0.3) is 0 Å². The summed E-state index contributed by atoms with van der Waals surface area (Å²) in [5.41, 5.74) is 0. The van der Waals surface area contributed by atoms with Crippen molar-refractivity contribution in [1.82, 2.24) is 0 Å². The van der Waals surface area contributed by atoms with E-state index in [1.54, 1.807) is 7.93 Å². The number of hydrogen-bond acceptors (Lipinski definition) is 0. The van der Waals surface area contributed by atoms with Gasteiger partial charge in [0.2, 0.25) is 0 Å². The third-order valence-corrected chi connectivity index (χ3v) is 5.80. The molecule has 0 bridgehead atoms. The van der Waals surface area contributed by atoms with E-state index in [9.17, 15) is 0 Å². The molecule has 0 amide bonds. The number of halogens is 1. The van der Waals surface area contributed by atoms with Gasteiger partial charge in [0.05, 0.1) is 0 Å². The molecular weight excluding hydrogens is 339 g/mol. The van der Waals surface area contributed by atoms with E-state index in [1.165, 1.54) is 12.8 Å². The minimum atomic E-state index is -0.282. The zero-order chi connectivity index (χ0) is 7.52. The topological polar surface area (TPSA) is 0 Å². The Labute approximate surface area is 89.6 Å². The van der Waals surface area contributed by atoms with Gasteiger partial charge in [-0.3, -0.25) is 0 Å². The Morgan fingerprint density at radius 3 is 1.83 bits per heavy atom. The number of allylic oxidation sites excluding steroid dienone is 8. The van der Waals surface area contributed by atoms with Gasteiger partial charge in [-0.1, -0.05) is 0 Å². The van der Waals surface area contributed by atoms with Gasteiger partial charge >= 0.3 is 75.8 Å². The molecule has 0 radical (unpaired) electrons. The normalized spacial score (nSPS) is 18.7. The predicted octanol–water partition coefficient (Wildman–Crippen LogP) is -0.127. The quantitative estimate of drug-likeness (QED) is 0.651. The average Bonchev–Trinajstić information content (AvgIpc) is 2.60. The van der Waals surface area contributed by atoms with Gasteiger partial charge in [-0.05, 0) is 0 Å². The van der Waals surface area contributed by atoms with Crippen LogP contribution in [0.2, 0.25) is 0 Å². The SMILES string of the molecule is C1=CC[C]([W+2][C]2=CC=CC2)=C1.[Cl-].[H-]. The van der Waals surface area contributed by atoms with Crippen LogP contribution in [0.1, 0.15) is 14.3 Å². The number of rotatable bonds is 2. The zero-order valence-electron chi connectivity index (χ0n) is 7.66. The van der Waals surface area contributed by atoms with Gasteiger partial charge in [0, 0.05) is 0 Å². The van der Waals surface area contributed by atoms with Crippen molar-refractivity contribution in [3.63, 3.8) is 0 Å². The average molecular weight is 350 g/mol. The predicted molar refractivity (Wildman–Crippen MR) is 44.8 cm³/mol. The van der Waals surface area contributed by atoms with E-state index < -0.39 is 0 Å². The van der Waals surface area contributed by atoms with Gasteiger partial charge in [-0.15, -0.1) is 0 Å². The molecule has 2 rings (SSSR count). The summed E-state index contributed by atoms with van der Waals surface area (Å²) >= 11 is -0.282. The van der Waals surface area contributed by atoms with Gasteiger partial charge in [0.15, 0.2) is 0 Å². The summed E-state index contributed by atoms with van der Waals surface area (Å²) in [6.07, 6.45) is 16.0. The second-order valence-corrected chi connectivity index (χ2v) is 7.13. The standard InChI is InChI=1S/2C5H5.ClH.W.H/c2*1-2-4-5-3-1;;;/h2*1-3H,4H2;1H;;/q;;;+2;-1/p-1. The van der Waals surface area contributed by atoms with E-state index in [4.69, 9.17) is 0 Å². The van der Waals surface area contributed by atoms with Crippen molar-refractivity contribution in [2.75, 3.05) is 0 Å². The van der Waals surface area contributed by atoms with Crippen molar-refractivity contribution in [1.29, 1.82) is 0 Å². The van der Waals surface area contributed by atoms with E-state index >= 15 is 0 Å². The van der Waals surface area contributed by atoms with Crippen LogP contribution in [0.4, 0.5) is 0 Å². The van der Waals surface area contributed by atoms with Crippen LogP contribution in [-0.4, -0.2) is 0 Å². The minimum Gasteiger partial charge on any atom is -1.00 e. The summed E-state index contributed by atoms with van der Waals surface area (Å²) in [7, 11) is 0. The summed E-state index contributed by atoms with van der Waals surface area (Å²) in [6.45, 7) is 0. The van der Waals surface area contributed by atoms with E-state index in [-0.39, 0.29) is 32.4 Å². The molecule has 0 saturated heterocycles. The first-order valence-electron chi connectivity index (χ1n) is 3.84. The molecule has 0 spiro atoms. The van der Waals surface area contributed by atoms with Crippen molar-refractivity contribution in [2.45, 2.75) is 12.8 Å².